The Balaban J connectivity index is 3.91. The first-order valence-corrected chi connectivity index (χ1v) is 18.1. The van der Waals surface area contributed by atoms with Crippen LogP contribution in [0.2, 0.25) is 0 Å². The van der Waals surface area contributed by atoms with Crippen LogP contribution in [0.3, 0.4) is 0 Å². The molecular formula is C30H67N4O2P. The van der Waals surface area contributed by atoms with E-state index >= 15 is 0 Å². The van der Waals surface area contributed by atoms with Gasteiger partial charge in [0.1, 0.15) is 0 Å². The number of nitrogens with one attached hydrogen (secondary N) is 4. The molecule has 0 aliphatic rings. The zero-order valence-electron chi connectivity index (χ0n) is 25.1. The predicted molar refractivity (Wildman–Crippen MR) is 164 cm³/mol. The van der Waals surface area contributed by atoms with E-state index in [4.69, 9.17) is 5.11 Å². The van der Waals surface area contributed by atoms with Crippen molar-refractivity contribution in [2.45, 2.75) is 155 Å². The van der Waals surface area contributed by atoms with Crippen LogP contribution in [-0.2, 0) is 4.57 Å². The van der Waals surface area contributed by atoms with Gasteiger partial charge in [0.2, 0.25) is 0 Å². The Morgan fingerprint density at radius 1 is 0.432 bits per heavy atom. The third kappa shape index (κ3) is 28.8. The molecule has 0 fully saturated rings. The number of hydrogen-bond donors (Lipinski definition) is 5. The number of aliphatic hydroxyl groups is 1. The first kappa shape index (κ1) is 37.0. The number of rotatable bonds is 32. The SMILES string of the molecule is CCCCCCCCCCCCCNP(=O)(NCCCCCCCCCCCCC)NCCNCCO. The van der Waals surface area contributed by atoms with Crippen LogP contribution in [0.15, 0.2) is 0 Å². The highest BCUT2D eigenvalue weighted by molar-refractivity contribution is 7.57. The van der Waals surface area contributed by atoms with Crippen molar-refractivity contribution in [1.82, 2.24) is 20.6 Å². The smallest absolute Gasteiger partial charge is 0.279 e. The highest BCUT2D eigenvalue weighted by Crippen LogP contribution is 2.30. The van der Waals surface area contributed by atoms with E-state index in [-0.39, 0.29) is 6.61 Å². The summed E-state index contributed by atoms with van der Waals surface area (Å²) >= 11 is 0. The Kier molecular flexibility index (Phi) is 30.6. The van der Waals surface area contributed by atoms with Crippen LogP contribution in [0.25, 0.3) is 0 Å². The first-order valence-electron chi connectivity index (χ1n) is 16.4. The fraction of sp³-hybridized carbons (Fsp3) is 1.00. The molecule has 0 spiro atoms. The minimum atomic E-state index is -2.78. The molecule has 0 bridgehead atoms. The third-order valence-electron chi connectivity index (χ3n) is 7.15. The van der Waals surface area contributed by atoms with E-state index in [2.05, 4.69) is 34.4 Å². The maximum absolute atomic E-state index is 13.4. The molecule has 0 aliphatic carbocycles. The highest BCUT2D eigenvalue weighted by atomic mass is 31.2. The van der Waals surface area contributed by atoms with E-state index in [0.29, 0.717) is 19.6 Å². The summed E-state index contributed by atoms with van der Waals surface area (Å²) in [6, 6.07) is 0. The second kappa shape index (κ2) is 30.6. The molecule has 37 heavy (non-hydrogen) atoms. The minimum Gasteiger partial charge on any atom is -0.395 e. The van der Waals surface area contributed by atoms with E-state index in [0.717, 1.165) is 25.9 Å². The van der Waals surface area contributed by atoms with Crippen molar-refractivity contribution in [3.8, 4) is 0 Å². The van der Waals surface area contributed by atoms with Gasteiger partial charge in [0.25, 0.3) is 7.59 Å². The lowest BCUT2D eigenvalue weighted by Crippen LogP contribution is -2.37. The first-order chi connectivity index (χ1) is 18.2. The molecule has 0 amide bonds. The van der Waals surface area contributed by atoms with E-state index in [1.54, 1.807) is 0 Å². The molecule has 6 nitrogen and oxygen atoms in total. The van der Waals surface area contributed by atoms with Gasteiger partial charge in [-0.1, -0.05) is 142 Å². The van der Waals surface area contributed by atoms with E-state index in [9.17, 15) is 4.57 Å². The molecule has 0 aromatic rings. The third-order valence-corrected chi connectivity index (χ3v) is 9.16. The summed E-state index contributed by atoms with van der Waals surface area (Å²) in [7, 11) is -2.78. The average Bonchev–Trinajstić information content (AvgIpc) is 2.90. The molecule has 0 unspecified atom stereocenters. The van der Waals surface area contributed by atoms with Crippen LogP contribution in [0.4, 0.5) is 0 Å². The van der Waals surface area contributed by atoms with Crippen molar-refractivity contribution in [3.05, 3.63) is 0 Å². The van der Waals surface area contributed by atoms with Crippen molar-refractivity contribution in [2.24, 2.45) is 0 Å². The topological polar surface area (TPSA) is 85.4 Å². The molecule has 0 radical (unpaired) electrons. The normalized spacial score (nSPS) is 12.0. The standard InChI is InChI=1S/C30H67N4O2P/c1-3-5-7-9-11-13-15-17-19-21-23-25-32-37(36,34-28-27-31-29-30-35)33-26-24-22-20-18-16-14-12-10-8-6-4-2/h31,35H,3-30H2,1-2H3,(H3,32,33,34,36). The monoisotopic (exact) mass is 547 g/mol. The average molecular weight is 547 g/mol. The van der Waals surface area contributed by atoms with Gasteiger partial charge in [-0.25, -0.2) is 15.3 Å². The zero-order chi connectivity index (χ0) is 27.1. The summed E-state index contributed by atoms with van der Waals surface area (Å²) in [5.74, 6) is 0. The van der Waals surface area contributed by atoms with Crippen LogP contribution in [0.5, 0.6) is 0 Å². The fourth-order valence-corrected chi connectivity index (χ4v) is 6.43. The van der Waals surface area contributed by atoms with Gasteiger partial charge in [0.05, 0.1) is 6.61 Å². The summed E-state index contributed by atoms with van der Waals surface area (Å²) in [5, 5.41) is 21.9. The van der Waals surface area contributed by atoms with Gasteiger partial charge in [-0.05, 0) is 12.8 Å². The van der Waals surface area contributed by atoms with Crippen molar-refractivity contribution in [3.63, 3.8) is 0 Å². The summed E-state index contributed by atoms with van der Waals surface area (Å²) in [6.45, 7) is 8.15. The molecule has 0 heterocycles. The lowest BCUT2D eigenvalue weighted by Gasteiger charge is -2.22. The molecule has 0 atom stereocenters. The Bertz CT molecular complexity index is 450. The summed E-state index contributed by atoms with van der Waals surface area (Å²) in [5.41, 5.74) is 0. The molecule has 0 aromatic carbocycles. The van der Waals surface area contributed by atoms with Gasteiger partial charge in [0, 0.05) is 32.7 Å². The Morgan fingerprint density at radius 3 is 1.11 bits per heavy atom. The molecule has 0 saturated carbocycles. The second-order valence-electron chi connectivity index (χ2n) is 10.9. The molecule has 5 N–H and O–H groups in total. The van der Waals surface area contributed by atoms with Crippen LogP contribution in [0.1, 0.15) is 155 Å². The van der Waals surface area contributed by atoms with Gasteiger partial charge >= 0.3 is 0 Å². The number of hydrogen-bond acceptors (Lipinski definition) is 3. The Labute approximate surface area is 232 Å². The van der Waals surface area contributed by atoms with Crippen molar-refractivity contribution in [2.75, 3.05) is 39.3 Å². The number of aliphatic hydroxyl groups excluding tert-OH is 1. The second-order valence-corrected chi connectivity index (χ2v) is 13.0. The molecule has 0 saturated heterocycles. The van der Waals surface area contributed by atoms with Crippen molar-refractivity contribution in [1.29, 1.82) is 0 Å². The van der Waals surface area contributed by atoms with Crippen LogP contribution >= 0.6 is 7.59 Å². The fourth-order valence-electron chi connectivity index (χ4n) is 4.72. The van der Waals surface area contributed by atoms with Gasteiger partial charge in [-0.2, -0.15) is 0 Å². The largest absolute Gasteiger partial charge is 0.395 e. The maximum atomic E-state index is 13.4. The van der Waals surface area contributed by atoms with Crippen molar-refractivity contribution >= 4 is 7.59 Å². The van der Waals surface area contributed by atoms with Crippen molar-refractivity contribution < 1.29 is 9.67 Å². The Hall–Kier alpha value is 0.0300. The lowest BCUT2D eigenvalue weighted by atomic mass is 10.1. The number of unbranched alkanes of at least 4 members (excludes halogenated alkanes) is 20. The lowest BCUT2D eigenvalue weighted by molar-refractivity contribution is 0.293. The summed E-state index contributed by atoms with van der Waals surface area (Å²) in [4.78, 5) is 0. The van der Waals surface area contributed by atoms with E-state index < -0.39 is 7.59 Å². The zero-order valence-corrected chi connectivity index (χ0v) is 26.0. The van der Waals surface area contributed by atoms with Gasteiger partial charge < -0.3 is 10.4 Å². The molecular weight excluding hydrogens is 479 g/mol. The molecule has 0 aromatic heterocycles. The van der Waals surface area contributed by atoms with Crippen LogP contribution in [-0.4, -0.2) is 44.4 Å². The Morgan fingerprint density at radius 2 is 0.757 bits per heavy atom. The minimum absolute atomic E-state index is 0.131. The van der Waals surface area contributed by atoms with E-state index in [1.165, 1.54) is 128 Å². The maximum Gasteiger partial charge on any atom is 0.279 e. The van der Waals surface area contributed by atoms with Gasteiger partial charge in [-0.15, -0.1) is 0 Å². The van der Waals surface area contributed by atoms with Gasteiger partial charge in [0.15, 0.2) is 0 Å². The summed E-state index contributed by atoms with van der Waals surface area (Å²) in [6.07, 6.45) is 29.1. The molecule has 7 heteroatoms. The molecule has 0 aliphatic heterocycles. The van der Waals surface area contributed by atoms with Gasteiger partial charge in [-0.3, -0.25) is 4.57 Å². The van der Waals surface area contributed by atoms with E-state index in [1.807, 2.05) is 0 Å². The predicted octanol–water partition coefficient (Wildman–Crippen LogP) is 8.07. The highest BCUT2D eigenvalue weighted by Gasteiger charge is 2.19. The quantitative estimate of drug-likeness (QED) is 0.0433. The van der Waals surface area contributed by atoms with Crippen LogP contribution < -0.4 is 20.6 Å². The summed E-state index contributed by atoms with van der Waals surface area (Å²) < 4.78 is 13.4. The molecule has 0 rings (SSSR count). The molecule has 224 valence electrons. The van der Waals surface area contributed by atoms with Crippen LogP contribution in [0, 0.1) is 0 Å².